The number of rotatable bonds is 7. The molecular formula is C22H33ClN2O2. The van der Waals surface area contributed by atoms with E-state index in [4.69, 9.17) is 0 Å². The van der Waals surface area contributed by atoms with Crippen molar-refractivity contribution in [3.05, 3.63) is 28.3 Å². The third kappa shape index (κ3) is 4.72. The monoisotopic (exact) mass is 392 g/mol. The molecule has 1 aliphatic carbocycles. The SMILES string of the molecule is CCCCCCNCC1CCc2cc(C)c3c(c2C1=O)C(C)CC(=O)N3.Cl. The predicted molar refractivity (Wildman–Crippen MR) is 113 cm³/mol. The topological polar surface area (TPSA) is 58.2 Å². The number of aryl methyl sites for hydroxylation is 2. The highest BCUT2D eigenvalue weighted by molar-refractivity contribution is 6.06. The molecule has 1 amide bonds. The van der Waals surface area contributed by atoms with Crippen LogP contribution in [0.2, 0.25) is 0 Å². The van der Waals surface area contributed by atoms with Gasteiger partial charge in [-0.2, -0.15) is 0 Å². The minimum absolute atomic E-state index is 0. The molecule has 1 heterocycles. The number of hydrogen-bond acceptors (Lipinski definition) is 3. The van der Waals surface area contributed by atoms with Crippen molar-refractivity contribution in [1.82, 2.24) is 5.32 Å². The largest absolute Gasteiger partial charge is 0.326 e. The Labute approximate surface area is 169 Å². The standard InChI is InChI=1S/C22H32N2O2.ClH/c1-4-5-6-7-10-23-13-17-9-8-16-11-15(3)21-19(20(16)22(17)26)14(2)12-18(25)24-21;/h11,14,17,23H,4-10,12-13H2,1-3H3,(H,24,25);1H. The number of benzene rings is 1. The smallest absolute Gasteiger partial charge is 0.224 e. The molecule has 2 unspecified atom stereocenters. The van der Waals surface area contributed by atoms with Crippen LogP contribution in [-0.4, -0.2) is 24.8 Å². The first kappa shape index (κ1) is 21.9. The lowest BCUT2D eigenvalue weighted by Gasteiger charge is -2.32. The Balaban J connectivity index is 0.00000261. The molecule has 0 bridgehead atoms. The minimum atomic E-state index is 0. The number of hydrogen-bond donors (Lipinski definition) is 2. The van der Waals surface area contributed by atoms with Crippen molar-refractivity contribution in [2.45, 2.75) is 71.6 Å². The van der Waals surface area contributed by atoms with Crippen molar-refractivity contribution in [2.75, 3.05) is 18.4 Å². The van der Waals surface area contributed by atoms with E-state index in [9.17, 15) is 9.59 Å². The molecule has 1 aromatic carbocycles. The summed E-state index contributed by atoms with van der Waals surface area (Å²) in [7, 11) is 0. The van der Waals surface area contributed by atoms with Crippen LogP contribution in [0.5, 0.6) is 0 Å². The lowest BCUT2D eigenvalue weighted by molar-refractivity contribution is -0.116. The number of anilines is 1. The van der Waals surface area contributed by atoms with E-state index in [1.807, 2.05) is 6.92 Å². The zero-order valence-electron chi connectivity index (χ0n) is 16.8. The van der Waals surface area contributed by atoms with E-state index in [0.717, 1.165) is 48.3 Å². The summed E-state index contributed by atoms with van der Waals surface area (Å²) in [5, 5.41) is 6.50. The first-order valence-corrected chi connectivity index (χ1v) is 10.2. The number of carbonyl (C=O) groups is 2. The lowest BCUT2D eigenvalue weighted by atomic mass is 9.75. The van der Waals surface area contributed by atoms with Gasteiger partial charge in [-0.05, 0) is 55.3 Å². The second kappa shape index (κ2) is 9.70. The number of fused-ring (bicyclic) bond motifs is 3. The van der Waals surface area contributed by atoms with Crippen molar-refractivity contribution in [2.24, 2.45) is 5.92 Å². The maximum Gasteiger partial charge on any atom is 0.224 e. The Morgan fingerprint density at radius 1 is 1.22 bits per heavy atom. The van der Waals surface area contributed by atoms with E-state index in [1.54, 1.807) is 0 Å². The van der Waals surface area contributed by atoms with Gasteiger partial charge in [0.05, 0.1) is 0 Å². The van der Waals surface area contributed by atoms with Gasteiger partial charge in [-0.3, -0.25) is 9.59 Å². The molecule has 27 heavy (non-hydrogen) atoms. The first-order chi connectivity index (χ1) is 12.5. The molecule has 0 saturated carbocycles. The van der Waals surface area contributed by atoms with Crippen LogP contribution in [0.4, 0.5) is 5.69 Å². The Morgan fingerprint density at radius 3 is 2.74 bits per heavy atom. The number of nitrogens with one attached hydrogen (secondary N) is 2. The Morgan fingerprint density at radius 2 is 2.00 bits per heavy atom. The van der Waals surface area contributed by atoms with Crippen LogP contribution in [0.1, 0.15) is 85.3 Å². The van der Waals surface area contributed by atoms with Crippen molar-refractivity contribution in [3.8, 4) is 0 Å². The van der Waals surface area contributed by atoms with Gasteiger partial charge in [0.1, 0.15) is 0 Å². The van der Waals surface area contributed by atoms with Crippen molar-refractivity contribution < 1.29 is 9.59 Å². The van der Waals surface area contributed by atoms with Gasteiger partial charge >= 0.3 is 0 Å². The summed E-state index contributed by atoms with van der Waals surface area (Å²) >= 11 is 0. The van der Waals surface area contributed by atoms with E-state index in [2.05, 4.69) is 30.5 Å². The fourth-order valence-electron chi connectivity index (χ4n) is 4.45. The van der Waals surface area contributed by atoms with Gasteiger partial charge < -0.3 is 10.6 Å². The summed E-state index contributed by atoms with van der Waals surface area (Å²) < 4.78 is 0. The fraction of sp³-hybridized carbons (Fsp3) is 0.636. The zero-order valence-corrected chi connectivity index (χ0v) is 17.6. The number of Topliss-reactive ketones (excluding diaryl/α,β-unsaturated/α-hetero) is 1. The molecule has 0 saturated heterocycles. The highest BCUT2D eigenvalue weighted by Gasteiger charge is 2.35. The van der Waals surface area contributed by atoms with Crippen LogP contribution in [0.25, 0.3) is 0 Å². The number of carbonyl (C=O) groups excluding carboxylic acids is 2. The number of ketones is 1. The molecule has 2 N–H and O–H groups in total. The second-order valence-corrected chi connectivity index (χ2v) is 8.03. The quantitative estimate of drug-likeness (QED) is 0.656. The molecule has 3 rings (SSSR count). The van der Waals surface area contributed by atoms with Gasteiger partial charge in [0.15, 0.2) is 5.78 Å². The minimum Gasteiger partial charge on any atom is -0.326 e. The van der Waals surface area contributed by atoms with Gasteiger partial charge in [0, 0.05) is 30.1 Å². The predicted octanol–water partition coefficient (Wildman–Crippen LogP) is 4.78. The van der Waals surface area contributed by atoms with Gasteiger partial charge in [0.2, 0.25) is 5.91 Å². The summed E-state index contributed by atoms with van der Waals surface area (Å²) in [6.07, 6.45) is 7.32. The van der Waals surface area contributed by atoms with Gasteiger partial charge in [-0.25, -0.2) is 0 Å². The highest BCUT2D eigenvalue weighted by Crippen LogP contribution is 2.41. The van der Waals surface area contributed by atoms with Gasteiger partial charge in [-0.1, -0.05) is 39.2 Å². The second-order valence-electron chi connectivity index (χ2n) is 8.03. The lowest BCUT2D eigenvalue weighted by Crippen LogP contribution is -2.35. The molecule has 4 nitrogen and oxygen atoms in total. The molecule has 0 spiro atoms. The summed E-state index contributed by atoms with van der Waals surface area (Å²) in [6.45, 7) is 8.09. The summed E-state index contributed by atoms with van der Waals surface area (Å²) in [5.41, 5.74) is 5.13. The van der Waals surface area contributed by atoms with Gasteiger partial charge in [0.25, 0.3) is 0 Å². The Kier molecular flexibility index (Phi) is 7.87. The molecule has 2 atom stereocenters. The number of halogens is 1. The van der Waals surface area contributed by atoms with E-state index < -0.39 is 0 Å². The third-order valence-electron chi connectivity index (χ3n) is 5.87. The number of unbranched alkanes of at least 4 members (excludes halogenated alkanes) is 3. The molecule has 0 aromatic heterocycles. The molecule has 0 radical (unpaired) electrons. The zero-order chi connectivity index (χ0) is 18.7. The van der Waals surface area contributed by atoms with Crippen molar-refractivity contribution in [1.29, 1.82) is 0 Å². The molecule has 0 fully saturated rings. The first-order valence-electron chi connectivity index (χ1n) is 10.2. The van der Waals surface area contributed by atoms with Crippen LogP contribution in [0.3, 0.4) is 0 Å². The molecule has 150 valence electrons. The maximum atomic E-state index is 13.2. The van der Waals surface area contributed by atoms with E-state index in [0.29, 0.717) is 6.42 Å². The highest BCUT2D eigenvalue weighted by atomic mass is 35.5. The molecule has 1 aromatic rings. The summed E-state index contributed by atoms with van der Waals surface area (Å²) in [6, 6.07) is 2.11. The molecular weight excluding hydrogens is 360 g/mol. The maximum absolute atomic E-state index is 13.2. The fourth-order valence-corrected chi connectivity index (χ4v) is 4.45. The van der Waals surface area contributed by atoms with Crippen molar-refractivity contribution in [3.63, 3.8) is 0 Å². The normalized spacial score (nSPS) is 21.1. The molecule has 1 aliphatic heterocycles. The average Bonchev–Trinajstić information content (AvgIpc) is 2.60. The van der Waals surface area contributed by atoms with Crippen LogP contribution >= 0.6 is 12.4 Å². The van der Waals surface area contributed by atoms with E-state index in [1.165, 1.54) is 31.2 Å². The molecule has 5 heteroatoms. The van der Waals surface area contributed by atoms with Crippen LogP contribution in [0.15, 0.2) is 6.07 Å². The summed E-state index contributed by atoms with van der Waals surface area (Å²) in [4.78, 5) is 25.2. The average molecular weight is 393 g/mol. The van der Waals surface area contributed by atoms with Crippen LogP contribution < -0.4 is 10.6 Å². The van der Waals surface area contributed by atoms with Crippen molar-refractivity contribution >= 4 is 29.8 Å². The van der Waals surface area contributed by atoms with Crippen LogP contribution in [-0.2, 0) is 11.2 Å². The summed E-state index contributed by atoms with van der Waals surface area (Å²) in [5.74, 6) is 0.496. The van der Waals surface area contributed by atoms with E-state index in [-0.39, 0.29) is 35.9 Å². The van der Waals surface area contributed by atoms with E-state index >= 15 is 0 Å². The molecule has 2 aliphatic rings. The van der Waals surface area contributed by atoms with Crippen LogP contribution in [0, 0.1) is 12.8 Å². The Hall–Kier alpha value is -1.39. The third-order valence-corrected chi connectivity index (χ3v) is 5.87. The van der Waals surface area contributed by atoms with Gasteiger partial charge in [-0.15, -0.1) is 12.4 Å². The Bertz CT molecular complexity index is 702. The number of amides is 1.